The minimum atomic E-state index is -3.86. The van der Waals surface area contributed by atoms with E-state index in [0.717, 1.165) is 10.9 Å². The van der Waals surface area contributed by atoms with Gasteiger partial charge < -0.3 is 10.1 Å². The van der Waals surface area contributed by atoms with Crippen molar-refractivity contribution in [1.29, 1.82) is 5.26 Å². The first-order chi connectivity index (χ1) is 9.95. The van der Waals surface area contributed by atoms with Gasteiger partial charge >= 0.3 is 5.97 Å². The first kappa shape index (κ1) is 15.1. The molecule has 1 aromatic heterocycles. The lowest BCUT2D eigenvalue weighted by Gasteiger charge is -2.12. The minimum Gasteiger partial charge on any atom is -0.480 e. The van der Waals surface area contributed by atoms with E-state index >= 15 is 0 Å². The highest BCUT2D eigenvalue weighted by Gasteiger charge is 2.32. The van der Waals surface area contributed by atoms with Crippen molar-refractivity contribution in [2.75, 3.05) is 5.75 Å². The highest BCUT2D eigenvalue weighted by atomic mass is 32.2. The molecule has 0 amide bonds. The summed E-state index contributed by atoms with van der Waals surface area (Å²) >= 11 is 0. The van der Waals surface area contributed by atoms with E-state index < -0.39 is 26.8 Å². The summed E-state index contributed by atoms with van der Waals surface area (Å²) in [5, 5.41) is 17.0. The average molecular weight is 306 g/mol. The van der Waals surface area contributed by atoms with Crippen LogP contribution < -0.4 is 0 Å². The van der Waals surface area contributed by atoms with E-state index in [0.29, 0.717) is 5.56 Å². The van der Waals surface area contributed by atoms with Crippen molar-refractivity contribution in [2.24, 2.45) is 0 Å². The molecule has 0 spiro atoms. The fraction of sp³-hybridized carbons (Fsp3) is 0.286. The number of benzene rings is 1. The van der Waals surface area contributed by atoms with Crippen LogP contribution in [0.1, 0.15) is 12.0 Å². The van der Waals surface area contributed by atoms with Crippen LogP contribution in [0.5, 0.6) is 0 Å². The third kappa shape index (κ3) is 3.23. The molecule has 7 heteroatoms. The number of carbonyl (C=O) groups is 1. The Kier molecular flexibility index (Phi) is 4.29. The largest absolute Gasteiger partial charge is 0.480 e. The summed E-state index contributed by atoms with van der Waals surface area (Å²) < 4.78 is 24.1. The number of nitrogens with zero attached hydrogens (tertiary/aromatic N) is 1. The van der Waals surface area contributed by atoms with Gasteiger partial charge in [-0.1, -0.05) is 18.2 Å². The van der Waals surface area contributed by atoms with Gasteiger partial charge in [0, 0.05) is 29.9 Å². The number of para-hydroxylation sites is 1. The van der Waals surface area contributed by atoms with Gasteiger partial charge in [0.2, 0.25) is 0 Å². The molecule has 0 aliphatic carbocycles. The van der Waals surface area contributed by atoms with Gasteiger partial charge in [0.1, 0.15) is 0 Å². The van der Waals surface area contributed by atoms with E-state index in [1.54, 1.807) is 18.3 Å². The molecule has 2 rings (SSSR count). The molecular formula is C14H14N2O4S. The first-order valence-electron chi connectivity index (χ1n) is 6.32. The lowest BCUT2D eigenvalue weighted by Crippen LogP contribution is -2.34. The second kappa shape index (κ2) is 5.97. The fourth-order valence-corrected chi connectivity index (χ4v) is 3.60. The van der Waals surface area contributed by atoms with Gasteiger partial charge in [-0.2, -0.15) is 5.26 Å². The maximum Gasteiger partial charge on any atom is 0.322 e. The summed E-state index contributed by atoms with van der Waals surface area (Å²) in [6.07, 6.45) is 1.30. The van der Waals surface area contributed by atoms with E-state index in [-0.39, 0.29) is 12.8 Å². The van der Waals surface area contributed by atoms with Gasteiger partial charge in [0.15, 0.2) is 15.1 Å². The zero-order valence-corrected chi connectivity index (χ0v) is 11.9. The van der Waals surface area contributed by atoms with Crippen molar-refractivity contribution in [3.63, 3.8) is 0 Å². The van der Waals surface area contributed by atoms with E-state index in [2.05, 4.69) is 4.98 Å². The third-order valence-electron chi connectivity index (χ3n) is 3.29. The molecule has 21 heavy (non-hydrogen) atoms. The molecule has 0 aliphatic rings. The summed E-state index contributed by atoms with van der Waals surface area (Å²) in [6.45, 7) is 0. The van der Waals surface area contributed by atoms with Gasteiger partial charge in [0.25, 0.3) is 0 Å². The first-order valence-corrected chi connectivity index (χ1v) is 8.03. The van der Waals surface area contributed by atoms with Crippen LogP contribution in [0.3, 0.4) is 0 Å². The number of fused-ring (bicyclic) bond motifs is 1. The molecule has 2 aromatic rings. The predicted molar refractivity (Wildman–Crippen MR) is 77.4 cm³/mol. The lowest BCUT2D eigenvalue weighted by molar-refractivity contribution is -0.136. The van der Waals surface area contributed by atoms with Crippen LogP contribution in [0.25, 0.3) is 10.9 Å². The number of hydrogen-bond acceptors (Lipinski definition) is 4. The highest BCUT2D eigenvalue weighted by molar-refractivity contribution is 7.92. The van der Waals surface area contributed by atoms with Gasteiger partial charge in [0.05, 0.1) is 11.8 Å². The van der Waals surface area contributed by atoms with Gasteiger partial charge in [-0.05, 0) is 11.6 Å². The van der Waals surface area contributed by atoms with Crippen molar-refractivity contribution in [3.05, 3.63) is 36.0 Å². The number of H-pyrrole nitrogens is 1. The number of nitrogens with one attached hydrogen (secondary N) is 1. The van der Waals surface area contributed by atoms with Crippen LogP contribution in [0.4, 0.5) is 0 Å². The third-order valence-corrected chi connectivity index (χ3v) is 5.30. The average Bonchev–Trinajstić information content (AvgIpc) is 2.85. The Balaban J connectivity index is 2.33. The molecule has 6 nitrogen and oxygen atoms in total. The summed E-state index contributed by atoms with van der Waals surface area (Å²) in [5.74, 6) is -1.83. The highest BCUT2D eigenvalue weighted by Crippen LogP contribution is 2.21. The smallest absolute Gasteiger partial charge is 0.322 e. The monoisotopic (exact) mass is 306 g/mol. The molecule has 0 radical (unpaired) electrons. The van der Waals surface area contributed by atoms with Gasteiger partial charge in [-0.25, -0.2) is 8.42 Å². The zero-order chi connectivity index (χ0) is 15.5. The minimum absolute atomic E-state index is 0.118. The quantitative estimate of drug-likeness (QED) is 0.840. The van der Waals surface area contributed by atoms with Crippen LogP contribution in [0.2, 0.25) is 0 Å². The number of hydrogen-bond donors (Lipinski definition) is 2. The Bertz CT molecular complexity index is 802. The number of aliphatic carboxylic acids is 1. The zero-order valence-electron chi connectivity index (χ0n) is 11.1. The Morgan fingerprint density at radius 2 is 2.10 bits per heavy atom. The maximum absolute atomic E-state index is 12.1. The van der Waals surface area contributed by atoms with E-state index in [4.69, 9.17) is 5.26 Å². The van der Waals surface area contributed by atoms with Crippen LogP contribution in [0.15, 0.2) is 30.5 Å². The summed E-state index contributed by atoms with van der Waals surface area (Å²) in [7, 11) is -3.86. The normalized spacial score (nSPS) is 12.9. The molecule has 0 saturated heterocycles. The number of nitriles is 1. The standard InChI is InChI=1S/C14H14N2O4S/c15-6-3-7-21(19,20)13(14(17)18)8-10-9-16-12-5-2-1-4-11(10)12/h1-2,4-5,9,13,16H,3,7-8H2,(H,17,18)/t13-/m0/s1. The number of carboxylic acid groups (broad SMARTS) is 1. The van der Waals surface area contributed by atoms with Gasteiger partial charge in [-0.3, -0.25) is 4.79 Å². The van der Waals surface area contributed by atoms with Crippen molar-refractivity contribution in [3.8, 4) is 6.07 Å². The number of carboxylic acids is 1. The number of sulfone groups is 1. The van der Waals surface area contributed by atoms with Crippen molar-refractivity contribution in [2.45, 2.75) is 18.1 Å². The SMILES string of the molecule is N#CCCS(=O)(=O)[C@@H](Cc1c[nH]c2ccccc12)C(=O)O. The van der Waals surface area contributed by atoms with Crippen LogP contribution in [0, 0.1) is 11.3 Å². The molecular weight excluding hydrogens is 292 g/mol. The molecule has 2 N–H and O–H groups in total. The van der Waals surface area contributed by atoms with E-state index in [1.165, 1.54) is 0 Å². The van der Waals surface area contributed by atoms with Crippen LogP contribution >= 0.6 is 0 Å². The Hall–Kier alpha value is -2.33. The van der Waals surface area contributed by atoms with E-state index in [1.807, 2.05) is 18.2 Å². The molecule has 0 aliphatic heterocycles. The number of rotatable bonds is 6. The van der Waals surface area contributed by atoms with Crippen LogP contribution in [-0.2, 0) is 21.1 Å². The van der Waals surface area contributed by atoms with E-state index in [9.17, 15) is 18.3 Å². The fourth-order valence-electron chi connectivity index (χ4n) is 2.20. The topological polar surface area (TPSA) is 111 Å². The van der Waals surface area contributed by atoms with Crippen LogP contribution in [-0.4, -0.2) is 35.5 Å². The molecule has 110 valence electrons. The lowest BCUT2D eigenvalue weighted by atomic mass is 10.1. The number of aromatic amines is 1. The Morgan fingerprint density at radius 3 is 2.76 bits per heavy atom. The second-order valence-electron chi connectivity index (χ2n) is 4.67. The summed E-state index contributed by atoms with van der Waals surface area (Å²) in [5.41, 5.74) is 1.46. The molecule has 1 atom stereocenters. The Labute approximate surface area is 121 Å². The van der Waals surface area contributed by atoms with Gasteiger partial charge in [-0.15, -0.1) is 0 Å². The van der Waals surface area contributed by atoms with Crippen molar-refractivity contribution in [1.82, 2.24) is 4.98 Å². The number of aromatic nitrogens is 1. The molecule has 0 saturated carbocycles. The predicted octanol–water partition coefficient (Wildman–Crippen LogP) is 1.49. The molecule has 0 bridgehead atoms. The summed E-state index contributed by atoms with van der Waals surface area (Å²) in [6, 6.07) is 9.01. The maximum atomic E-state index is 12.1. The molecule has 0 unspecified atom stereocenters. The van der Waals surface area contributed by atoms with Crippen molar-refractivity contribution < 1.29 is 18.3 Å². The second-order valence-corrected chi connectivity index (χ2v) is 6.97. The molecule has 0 fully saturated rings. The van der Waals surface area contributed by atoms with Crippen molar-refractivity contribution >= 4 is 26.7 Å². The Morgan fingerprint density at radius 1 is 1.38 bits per heavy atom. The molecule has 1 aromatic carbocycles. The summed E-state index contributed by atoms with van der Waals surface area (Å²) in [4.78, 5) is 14.3. The molecule has 1 heterocycles.